The van der Waals surface area contributed by atoms with Crippen LogP contribution in [-0.4, -0.2) is 20.8 Å². The Morgan fingerprint density at radius 1 is 1.21 bits per heavy atom. The van der Waals surface area contributed by atoms with Crippen LogP contribution < -0.4 is 0 Å². The van der Waals surface area contributed by atoms with Crippen molar-refractivity contribution in [3.8, 4) is 5.69 Å². The van der Waals surface area contributed by atoms with Crippen LogP contribution in [0.2, 0.25) is 0 Å². The molecule has 1 aromatic heterocycles. The Bertz CT molecular complexity index is 614. The van der Waals surface area contributed by atoms with Crippen LogP contribution in [0.15, 0.2) is 24.3 Å². The van der Waals surface area contributed by atoms with Crippen LogP contribution in [0.25, 0.3) is 5.69 Å². The van der Waals surface area contributed by atoms with E-state index < -0.39 is 23.3 Å². The zero-order valence-corrected chi connectivity index (χ0v) is 10.2. The fourth-order valence-electron chi connectivity index (χ4n) is 1.64. The molecule has 0 saturated heterocycles. The van der Waals surface area contributed by atoms with Crippen molar-refractivity contribution in [3.05, 3.63) is 41.2 Å². The van der Waals surface area contributed by atoms with Crippen molar-refractivity contribution in [1.29, 1.82) is 0 Å². The van der Waals surface area contributed by atoms with Gasteiger partial charge < -0.3 is 0 Å². The molecule has 2 aromatic rings. The van der Waals surface area contributed by atoms with Gasteiger partial charge in [-0.3, -0.25) is 4.79 Å². The molecule has 1 heterocycles. The molecular formula is C12H10F3N3O. The minimum Gasteiger partial charge on any atom is -0.293 e. The minimum atomic E-state index is -4.70. The van der Waals surface area contributed by atoms with E-state index in [-0.39, 0.29) is 5.69 Å². The fraction of sp³-hybridized carbons (Fsp3) is 0.250. The molecule has 19 heavy (non-hydrogen) atoms. The van der Waals surface area contributed by atoms with Gasteiger partial charge in [-0.2, -0.15) is 13.2 Å². The van der Waals surface area contributed by atoms with E-state index in [4.69, 9.17) is 0 Å². The molecular weight excluding hydrogens is 259 g/mol. The molecule has 0 aliphatic rings. The first kappa shape index (κ1) is 13.3. The van der Waals surface area contributed by atoms with Gasteiger partial charge in [-0.1, -0.05) is 22.9 Å². The molecule has 0 N–H and O–H groups in total. The molecule has 100 valence electrons. The maximum Gasteiger partial charge on any atom is 0.435 e. The summed E-state index contributed by atoms with van der Waals surface area (Å²) in [5, 5.41) is 6.75. The normalized spacial score (nSPS) is 11.6. The Kier molecular flexibility index (Phi) is 3.13. The maximum atomic E-state index is 13.0. The van der Waals surface area contributed by atoms with Gasteiger partial charge in [0, 0.05) is 6.92 Å². The molecule has 1 aromatic carbocycles. The molecule has 0 amide bonds. The SMILES string of the molecule is CC(=O)c1nnn(-c2ccc(C)cc2)c1C(F)(F)F. The van der Waals surface area contributed by atoms with Gasteiger partial charge in [0.15, 0.2) is 17.2 Å². The van der Waals surface area contributed by atoms with E-state index in [1.165, 1.54) is 12.1 Å². The van der Waals surface area contributed by atoms with E-state index in [0.29, 0.717) is 4.68 Å². The molecule has 0 aliphatic heterocycles. The van der Waals surface area contributed by atoms with Crippen LogP contribution in [0.3, 0.4) is 0 Å². The van der Waals surface area contributed by atoms with Crippen LogP contribution in [0.1, 0.15) is 28.7 Å². The number of alkyl halides is 3. The number of hydrogen-bond acceptors (Lipinski definition) is 3. The lowest BCUT2D eigenvalue weighted by molar-refractivity contribution is -0.143. The maximum absolute atomic E-state index is 13.0. The smallest absolute Gasteiger partial charge is 0.293 e. The zero-order valence-electron chi connectivity index (χ0n) is 10.2. The van der Waals surface area contributed by atoms with Crippen LogP contribution >= 0.6 is 0 Å². The van der Waals surface area contributed by atoms with Crippen molar-refractivity contribution in [1.82, 2.24) is 15.0 Å². The summed E-state index contributed by atoms with van der Waals surface area (Å²) in [6.07, 6.45) is -4.70. The lowest BCUT2D eigenvalue weighted by Crippen LogP contribution is -2.16. The number of nitrogens with zero attached hydrogens (tertiary/aromatic N) is 3. The lowest BCUT2D eigenvalue weighted by Gasteiger charge is -2.10. The second kappa shape index (κ2) is 4.49. The molecule has 0 radical (unpaired) electrons. The van der Waals surface area contributed by atoms with E-state index in [0.717, 1.165) is 12.5 Å². The van der Waals surface area contributed by atoms with Crippen LogP contribution in [0.4, 0.5) is 13.2 Å². The highest BCUT2D eigenvalue weighted by molar-refractivity contribution is 5.93. The number of rotatable bonds is 2. The average Bonchev–Trinajstić information content (AvgIpc) is 2.74. The Balaban J connectivity index is 2.64. The monoisotopic (exact) mass is 269 g/mol. The second-order valence-electron chi connectivity index (χ2n) is 4.09. The Morgan fingerprint density at radius 2 is 1.79 bits per heavy atom. The quantitative estimate of drug-likeness (QED) is 0.787. The van der Waals surface area contributed by atoms with Crippen LogP contribution in [-0.2, 0) is 6.18 Å². The summed E-state index contributed by atoms with van der Waals surface area (Å²) in [7, 11) is 0. The van der Waals surface area contributed by atoms with Crippen molar-refractivity contribution in [3.63, 3.8) is 0 Å². The van der Waals surface area contributed by atoms with Crippen molar-refractivity contribution >= 4 is 5.78 Å². The number of aromatic nitrogens is 3. The predicted molar refractivity (Wildman–Crippen MR) is 61.1 cm³/mol. The highest BCUT2D eigenvalue weighted by Crippen LogP contribution is 2.32. The summed E-state index contributed by atoms with van der Waals surface area (Å²) in [6.45, 7) is 2.84. The molecule has 0 fully saturated rings. The number of benzene rings is 1. The third-order valence-electron chi connectivity index (χ3n) is 2.55. The van der Waals surface area contributed by atoms with Crippen LogP contribution in [0, 0.1) is 6.92 Å². The molecule has 2 rings (SSSR count). The van der Waals surface area contributed by atoms with E-state index in [2.05, 4.69) is 10.3 Å². The first-order valence-electron chi connectivity index (χ1n) is 5.41. The van der Waals surface area contributed by atoms with Gasteiger partial charge in [-0.05, 0) is 19.1 Å². The van der Waals surface area contributed by atoms with E-state index in [1.54, 1.807) is 12.1 Å². The Morgan fingerprint density at radius 3 is 2.26 bits per heavy atom. The van der Waals surface area contributed by atoms with Crippen molar-refractivity contribution in [2.75, 3.05) is 0 Å². The number of carbonyl (C=O) groups excluding carboxylic acids is 1. The Hall–Kier alpha value is -2.18. The van der Waals surface area contributed by atoms with Gasteiger partial charge in [0.25, 0.3) is 0 Å². The van der Waals surface area contributed by atoms with E-state index in [9.17, 15) is 18.0 Å². The molecule has 4 nitrogen and oxygen atoms in total. The molecule has 0 atom stereocenters. The lowest BCUT2D eigenvalue weighted by atomic mass is 10.2. The fourth-order valence-corrected chi connectivity index (χ4v) is 1.64. The zero-order chi connectivity index (χ0) is 14.2. The van der Waals surface area contributed by atoms with Crippen molar-refractivity contribution in [2.45, 2.75) is 20.0 Å². The Labute approximate surface area is 106 Å². The summed E-state index contributed by atoms with van der Waals surface area (Å²) in [5.74, 6) is -0.773. The van der Waals surface area contributed by atoms with E-state index >= 15 is 0 Å². The van der Waals surface area contributed by atoms with E-state index in [1.807, 2.05) is 6.92 Å². The number of carbonyl (C=O) groups is 1. The van der Waals surface area contributed by atoms with Crippen LogP contribution in [0.5, 0.6) is 0 Å². The number of hydrogen-bond donors (Lipinski definition) is 0. The van der Waals surface area contributed by atoms with Gasteiger partial charge in [-0.25, -0.2) is 4.68 Å². The van der Waals surface area contributed by atoms with Gasteiger partial charge in [0.05, 0.1) is 5.69 Å². The topological polar surface area (TPSA) is 47.8 Å². The number of halogens is 3. The summed E-state index contributed by atoms with van der Waals surface area (Å²) in [6, 6.07) is 6.29. The molecule has 0 unspecified atom stereocenters. The van der Waals surface area contributed by atoms with Gasteiger partial charge in [0.2, 0.25) is 0 Å². The average molecular weight is 269 g/mol. The number of aryl methyl sites for hydroxylation is 1. The summed E-state index contributed by atoms with van der Waals surface area (Å²) in [4.78, 5) is 11.2. The third kappa shape index (κ3) is 2.49. The second-order valence-corrected chi connectivity index (χ2v) is 4.09. The molecule has 0 bridgehead atoms. The van der Waals surface area contributed by atoms with Crippen molar-refractivity contribution < 1.29 is 18.0 Å². The molecule has 0 aliphatic carbocycles. The van der Waals surface area contributed by atoms with Gasteiger partial charge >= 0.3 is 6.18 Å². The number of ketones is 1. The minimum absolute atomic E-state index is 0.206. The third-order valence-corrected chi connectivity index (χ3v) is 2.55. The highest BCUT2D eigenvalue weighted by Gasteiger charge is 2.41. The number of Topliss-reactive ketones (excluding diaryl/α,β-unsaturated/α-hetero) is 1. The molecule has 0 saturated carbocycles. The largest absolute Gasteiger partial charge is 0.435 e. The van der Waals surface area contributed by atoms with Gasteiger partial charge in [-0.15, -0.1) is 5.10 Å². The first-order chi connectivity index (χ1) is 8.80. The van der Waals surface area contributed by atoms with Gasteiger partial charge in [0.1, 0.15) is 0 Å². The first-order valence-corrected chi connectivity index (χ1v) is 5.41. The summed E-state index contributed by atoms with van der Waals surface area (Å²) >= 11 is 0. The standard InChI is InChI=1S/C12H10F3N3O/c1-7-3-5-9(6-4-7)18-11(12(13,14)15)10(8(2)19)16-17-18/h3-6H,1-2H3. The summed E-state index contributed by atoms with van der Waals surface area (Å²) in [5.41, 5.74) is -0.709. The highest BCUT2D eigenvalue weighted by atomic mass is 19.4. The molecule has 7 heteroatoms. The summed E-state index contributed by atoms with van der Waals surface area (Å²) < 4.78 is 39.7. The van der Waals surface area contributed by atoms with Crippen molar-refractivity contribution in [2.24, 2.45) is 0 Å². The molecule has 0 spiro atoms. The predicted octanol–water partition coefficient (Wildman–Crippen LogP) is 2.80.